The molecule has 0 saturated carbocycles. The van der Waals surface area contributed by atoms with E-state index in [9.17, 15) is 4.79 Å². The number of hydrogen-bond acceptors (Lipinski definition) is 3. The molecule has 88 valence electrons. The smallest absolute Gasteiger partial charge is 0.221 e. The molecule has 0 N–H and O–H groups in total. The van der Waals surface area contributed by atoms with Gasteiger partial charge in [-0.1, -0.05) is 0 Å². The Morgan fingerprint density at radius 1 is 1.53 bits per heavy atom. The lowest BCUT2D eigenvalue weighted by molar-refractivity contribution is -0.113. The molecule has 0 aliphatic carbocycles. The van der Waals surface area contributed by atoms with Gasteiger partial charge in [0.05, 0.1) is 18.3 Å². The summed E-state index contributed by atoms with van der Waals surface area (Å²) < 4.78 is 11.1. The largest absolute Gasteiger partial charge is 0.381 e. The molecular weight excluding hydrogens is 216 g/mol. The number of methoxy groups -OCH3 is 1. The van der Waals surface area contributed by atoms with Crippen LogP contribution in [-0.4, -0.2) is 30.7 Å². The van der Waals surface area contributed by atoms with Crippen molar-refractivity contribution < 1.29 is 14.3 Å². The molecule has 0 radical (unpaired) electrons. The molecule has 1 aliphatic rings. The standard InChI is InChI=1S/C11H19ClO3/c1-8-6-10(14-2)7-9(15-8)4-3-5-11(12)13/h8-10H,3-7H2,1-2H3/t8-,9-,10+/m0/s1. The minimum atomic E-state index is -0.262. The van der Waals surface area contributed by atoms with Crippen molar-refractivity contribution in [1.29, 1.82) is 0 Å². The molecular formula is C11H19ClO3. The van der Waals surface area contributed by atoms with Crippen LogP contribution in [0.1, 0.15) is 39.0 Å². The zero-order valence-corrected chi connectivity index (χ0v) is 10.1. The molecule has 4 heteroatoms. The zero-order valence-electron chi connectivity index (χ0n) is 9.37. The molecule has 3 nitrogen and oxygen atoms in total. The minimum absolute atomic E-state index is 0.217. The van der Waals surface area contributed by atoms with Gasteiger partial charge < -0.3 is 9.47 Å². The van der Waals surface area contributed by atoms with Crippen molar-refractivity contribution in [2.75, 3.05) is 7.11 Å². The van der Waals surface area contributed by atoms with Gasteiger partial charge in [-0.05, 0) is 44.2 Å². The van der Waals surface area contributed by atoms with Crippen LogP contribution >= 0.6 is 11.6 Å². The molecule has 0 amide bonds. The van der Waals surface area contributed by atoms with Gasteiger partial charge in [-0.2, -0.15) is 0 Å². The van der Waals surface area contributed by atoms with E-state index in [2.05, 4.69) is 6.92 Å². The van der Waals surface area contributed by atoms with Crippen LogP contribution in [0.2, 0.25) is 0 Å². The zero-order chi connectivity index (χ0) is 11.3. The number of rotatable bonds is 5. The normalized spacial score (nSPS) is 31.5. The van der Waals surface area contributed by atoms with Crippen molar-refractivity contribution in [1.82, 2.24) is 0 Å². The first kappa shape index (κ1) is 12.9. The maximum Gasteiger partial charge on any atom is 0.221 e. The molecule has 1 heterocycles. The SMILES string of the molecule is CO[C@H]1C[C@H](CCCC(=O)Cl)O[C@@H](C)C1. The molecule has 0 aromatic carbocycles. The molecule has 1 aliphatic heterocycles. The van der Waals surface area contributed by atoms with Crippen LogP contribution in [0, 0.1) is 0 Å². The third kappa shape index (κ3) is 4.96. The lowest BCUT2D eigenvalue weighted by Crippen LogP contribution is -2.35. The molecule has 0 aromatic rings. The highest BCUT2D eigenvalue weighted by molar-refractivity contribution is 6.63. The average molecular weight is 235 g/mol. The maximum absolute atomic E-state index is 10.6. The van der Waals surface area contributed by atoms with E-state index < -0.39 is 0 Å². The van der Waals surface area contributed by atoms with Crippen LogP contribution in [-0.2, 0) is 14.3 Å². The van der Waals surface area contributed by atoms with Crippen LogP contribution in [0.5, 0.6) is 0 Å². The second-order valence-electron chi connectivity index (χ2n) is 4.15. The van der Waals surface area contributed by atoms with Crippen LogP contribution in [0.25, 0.3) is 0 Å². The average Bonchev–Trinajstić information content (AvgIpc) is 2.16. The molecule has 1 rings (SSSR count). The summed E-state index contributed by atoms with van der Waals surface area (Å²) in [6, 6.07) is 0. The Kier molecular flexibility index (Phi) is 5.58. The molecule has 0 aromatic heterocycles. The van der Waals surface area contributed by atoms with Crippen LogP contribution in [0.4, 0.5) is 0 Å². The highest BCUT2D eigenvalue weighted by Gasteiger charge is 2.26. The highest BCUT2D eigenvalue weighted by atomic mass is 35.5. The second-order valence-corrected chi connectivity index (χ2v) is 4.57. The lowest BCUT2D eigenvalue weighted by atomic mass is 9.98. The van der Waals surface area contributed by atoms with Gasteiger partial charge in [0, 0.05) is 13.5 Å². The summed E-state index contributed by atoms with van der Waals surface area (Å²) in [6.45, 7) is 2.06. The summed E-state index contributed by atoms with van der Waals surface area (Å²) in [5.74, 6) is 0. The summed E-state index contributed by atoms with van der Waals surface area (Å²) in [6.07, 6.45) is 4.78. The number of carbonyl (C=O) groups is 1. The number of hydrogen-bond donors (Lipinski definition) is 0. The maximum atomic E-state index is 10.6. The second kappa shape index (κ2) is 6.46. The number of halogens is 1. The van der Waals surface area contributed by atoms with Crippen molar-refractivity contribution in [2.45, 2.75) is 57.3 Å². The quantitative estimate of drug-likeness (QED) is 0.686. The molecule has 15 heavy (non-hydrogen) atoms. The Balaban J connectivity index is 2.25. The fraction of sp³-hybridized carbons (Fsp3) is 0.909. The van der Waals surface area contributed by atoms with E-state index in [-0.39, 0.29) is 17.5 Å². The predicted octanol–water partition coefficient (Wildman–Crippen LogP) is 2.50. The summed E-state index contributed by atoms with van der Waals surface area (Å²) >= 11 is 5.28. The Hall–Kier alpha value is -0.120. The van der Waals surface area contributed by atoms with E-state index in [4.69, 9.17) is 21.1 Å². The topological polar surface area (TPSA) is 35.5 Å². The molecule has 3 atom stereocenters. The van der Waals surface area contributed by atoms with E-state index in [1.807, 2.05) is 0 Å². The summed E-state index contributed by atoms with van der Waals surface area (Å²) in [5, 5.41) is -0.262. The van der Waals surface area contributed by atoms with Gasteiger partial charge in [0.1, 0.15) is 0 Å². The van der Waals surface area contributed by atoms with Crippen molar-refractivity contribution >= 4 is 16.8 Å². The van der Waals surface area contributed by atoms with Crippen LogP contribution in [0.3, 0.4) is 0 Å². The Morgan fingerprint density at radius 2 is 2.27 bits per heavy atom. The van der Waals surface area contributed by atoms with Crippen molar-refractivity contribution in [3.8, 4) is 0 Å². The first-order chi connectivity index (χ1) is 7.11. The third-order valence-corrected chi connectivity index (χ3v) is 2.97. The van der Waals surface area contributed by atoms with E-state index in [0.717, 1.165) is 25.7 Å². The number of carbonyl (C=O) groups excluding carboxylic acids is 1. The summed E-state index contributed by atoms with van der Waals surface area (Å²) in [4.78, 5) is 10.6. The van der Waals surface area contributed by atoms with Gasteiger partial charge in [-0.3, -0.25) is 4.79 Å². The van der Waals surface area contributed by atoms with Crippen LogP contribution in [0.15, 0.2) is 0 Å². The predicted molar refractivity (Wildman–Crippen MR) is 59.1 cm³/mol. The van der Waals surface area contributed by atoms with Crippen molar-refractivity contribution in [3.63, 3.8) is 0 Å². The van der Waals surface area contributed by atoms with E-state index in [1.54, 1.807) is 7.11 Å². The van der Waals surface area contributed by atoms with Gasteiger partial charge in [0.25, 0.3) is 0 Å². The first-order valence-corrected chi connectivity index (χ1v) is 5.86. The van der Waals surface area contributed by atoms with Gasteiger partial charge in [0.15, 0.2) is 0 Å². The van der Waals surface area contributed by atoms with Gasteiger partial charge >= 0.3 is 0 Å². The van der Waals surface area contributed by atoms with Crippen molar-refractivity contribution in [2.24, 2.45) is 0 Å². The Labute approximate surface area is 96.1 Å². The van der Waals surface area contributed by atoms with Gasteiger partial charge in [0.2, 0.25) is 5.24 Å². The third-order valence-electron chi connectivity index (χ3n) is 2.78. The minimum Gasteiger partial charge on any atom is -0.381 e. The molecule has 1 saturated heterocycles. The molecule has 0 unspecified atom stereocenters. The molecule has 1 fully saturated rings. The number of ether oxygens (including phenoxy) is 2. The summed E-state index contributed by atoms with van der Waals surface area (Å²) in [7, 11) is 1.74. The van der Waals surface area contributed by atoms with Gasteiger partial charge in [-0.15, -0.1) is 0 Å². The van der Waals surface area contributed by atoms with Crippen LogP contribution < -0.4 is 0 Å². The Bertz CT molecular complexity index is 208. The van der Waals surface area contributed by atoms with Crippen molar-refractivity contribution in [3.05, 3.63) is 0 Å². The van der Waals surface area contributed by atoms with Gasteiger partial charge in [-0.25, -0.2) is 0 Å². The fourth-order valence-electron chi connectivity index (χ4n) is 2.05. The summed E-state index contributed by atoms with van der Waals surface area (Å²) in [5.41, 5.74) is 0. The lowest BCUT2D eigenvalue weighted by Gasteiger charge is -2.33. The molecule has 0 bridgehead atoms. The Morgan fingerprint density at radius 3 is 2.87 bits per heavy atom. The highest BCUT2D eigenvalue weighted by Crippen LogP contribution is 2.24. The fourth-order valence-corrected chi connectivity index (χ4v) is 2.18. The van der Waals surface area contributed by atoms with E-state index >= 15 is 0 Å². The van der Waals surface area contributed by atoms with E-state index in [1.165, 1.54) is 0 Å². The van der Waals surface area contributed by atoms with E-state index in [0.29, 0.717) is 12.5 Å². The first-order valence-electron chi connectivity index (χ1n) is 5.48. The molecule has 0 spiro atoms. The monoisotopic (exact) mass is 234 g/mol.